The first-order valence-electron chi connectivity index (χ1n) is 32.4. The van der Waals surface area contributed by atoms with Gasteiger partial charge in [0.1, 0.15) is 12.2 Å². The summed E-state index contributed by atoms with van der Waals surface area (Å²) >= 11 is 0. The highest BCUT2D eigenvalue weighted by Gasteiger charge is 2.28. The SMILES string of the molecule is CCCCCCCCCCCCCCCCCCCCCCCCCCCCCCC(O)C(=O)NC(CO)C(O)C(O)CCCCCCCCCCCCCCCCCCCCCCCCCCCC. The highest BCUT2D eigenvalue weighted by atomic mass is 16.3. The van der Waals surface area contributed by atoms with Crippen LogP contribution < -0.4 is 5.32 Å². The summed E-state index contributed by atoms with van der Waals surface area (Å²) in [7, 11) is 0. The van der Waals surface area contributed by atoms with Crippen molar-refractivity contribution >= 4 is 5.91 Å². The molecule has 6 heteroatoms. The molecule has 5 N–H and O–H groups in total. The van der Waals surface area contributed by atoms with Crippen LogP contribution >= 0.6 is 0 Å². The van der Waals surface area contributed by atoms with Gasteiger partial charge in [-0.1, -0.05) is 361 Å². The fourth-order valence-corrected chi connectivity index (χ4v) is 10.8. The van der Waals surface area contributed by atoms with Crippen LogP contribution in [-0.4, -0.2) is 57.3 Å². The number of hydrogen-bond donors (Lipinski definition) is 5. The Morgan fingerprint density at radius 3 is 0.686 bits per heavy atom. The fraction of sp³-hybridized carbons (Fsp3) is 0.984. The molecule has 1 amide bonds. The summed E-state index contributed by atoms with van der Waals surface area (Å²) in [5.41, 5.74) is 0. The minimum atomic E-state index is -1.26. The number of rotatable bonds is 61. The molecular weight excluding hydrogens is 863 g/mol. The molecule has 4 atom stereocenters. The van der Waals surface area contributed by atoms with E-state index in [0.717, 1.165) is 38.5 Å². The molecule has 0 heterocycles. The van der Waals surface area contributed by atoms with E-state index in [-0.39, 0.29) is 0 Å². The molecule has 6 nitrogen and oxygen atoms in total. The second kappa shape index (κ2) is 59.2. The van der Waals surface area contributed by atoms with Crippen molar-refractivity contribution in [2.75, 3.05) is 6.61 Å². The third kappa shape index (κ3) is 52.2. The Hall–Kier alpha value is -0.690. The zero-order valence-electron chi connectivity index (χ0n) is 47.8. The van der Waals surface area contributed by atoms with Crippen molar-refractivity contribution < 1.29 is 25.2 Å². The zero-order valence-corrected chi connectivity index (χ0v) is 47.8. The molecule has 70 heavy (non-hydrogen) atoms. The summed E-state index contributed by atoms with van der Waals surface area (Å²) in [4.78, 5) is 12.6. The fourth-order valence-electron chi connectivity index (χ4n) is 10.8. The maximum absolute atomic E-state index is 12.6. The lowest BCUT2D eigenvalue weighted by Crippen LogP contribution is -2.53. The molecule has 0 aromatic rings. The predicted molar refractivity (Wildman–Crippen MR) is 307 cm³/mol. The van der Waals surface area contributed by atoms with Crippen molar-refractivity contribution in [3.05, 3.63) is 0 Å². The Bertz CT molecular complexity index is 979. The standard InChI is InChI=1S/C64H129NO5/c1-3-5-7-9-11-13-15-17-19-21-23-25-27-29-31-32-34-36-38-40-42-44-46-48-50-52-54-56-58-62(68)64(70)65-60(59-66)63(69)61(67)57-55-53-51-49-47-45-43-41-39-37-35-33-30-28-26-24-22-20-18-16-14-12-10-8-6-4-2/h60-63,66-69H,3-59H2,1-2H3,(H,65,70). The summed E-state index contributed by atoms with van der Waals surface area (Å²) in [6.45, 7) is 4.12. The molecule has 0 bridgehead atoms. The molecule has 420 valence electrons. The van der Waals surface area contributed by atoms with Crippen LogP contribution in [0.5, 0.6) is 0 Å². The largest absolute Gasteiger partial charge is 0.394 e. The first-order chi connectivity index (χ1) is 34.5. The first kappa shape index (κ1) is 69.3. The summed E-state index contributed by atoms with van der Waals surface area (Å²) < 4.78 is 0. The van der Waals surface area contributed by atoms with Crippen LogP contribution in [0.25, 0.3) is 0 Å². The average Bonchev–Trinajstić information content (AvgIpc) is 3.36. The Labute approximate surface area is 439 Å². The van der Waals surface area contributed by atoms with Crippen LogP contribution in [0, 0.1) is 0 Å². The molecule has 0 aliphatic rings. The van der Waals surface area contributed by atoms with Gasteiger partial charge in [0.25, 0.3) is 0 Å². The van der Waals surface area contributed by atoms with Gasteiger partial charge in [-0.25, -0.2) is 0 Å². The van der Waals surface area contributed by atoms with Gasteiger partial charge in [-0.2, -0.15) is 0 Å². The second-order valence-electron chi connectivity index (χ2n) is 22.8. The van der Waals surface area contributed by atoms with Gasteiger partial charge >= 0.3 is 0 Å². The van der Waals surface area contributed by atoms with Crippen LogP contribution in [0.4, 0.5) is 0 Å². The number of unbranched alkanes of at least 4 members (excludes halogenated alkanes) is 52. The highest BCUT2D eigenvalue weighted by Crippen LogP contribution is 2.20. The average molecular weight is 993 g/mol. The van der Waals surface area contributed by atoms with Gasteiger partial charge in [0.2, 0.25) is 5.91 Å². The molecule has 0 aliphatic carbocycles. The van der Waals surface area contributed by atoms with E-state index in [1.165, 1.54) is 308 Å². The van der Waals surface area contributed by atoms with E-state index >= 15 is 0 Å². The van der Waals surface area contributed by atoms with Crippen molar-refractivity contribution in [1.82, 2.24) is 5.32 Å². The van der Waals surface area contributed by atoms with Crippen LogP contribution in [0.3, 0.4) is 0 Å². The summed E-state index contributed by atoms with van der Waals surface area (Å²) in [5.74, 6) is -0.574. The number of amides is 1. The minimum Gasteiger partial charge on any atom is -0.394 e. The summed E-state index contributed by atoms with van der Waals surface area (Å²) in [6.07, 6.45) is 70.6. The number of nitrogens with one attached hydrogen (secondary N) is 1. The van der Waals surface area contributed by atoms with E-state index in [1.807, 2.05) is 0 Å². The van der Waals surface area contributed by atoms with Crippen molar-refractivity contribution in [1.29, 1.82) is 0 Å². The van der Waals surface area contributed by atoms with E-state index in [0.29, 0.717) is 12.8 Å². The topological polar surface area (TPSA) is 110 Å². The molecule has 0 fully saturated rings. The quantitative estimate of drug-likeness (QED) is 0.0390. The second-order valence-corrected chi connectivity index (χ2v) is 22.8. The van der Waals surface area contributed by atoms with Crippen molar-refractivity contribution in [2.24, 2.45) is 0 Å². The lowest BCUT2D eigenvalue weighted by atomic mass is 9.99. The molecule has 0 rings (SSSR count). The van der Waals surface area contributed by atoms with Crippen LogP contribution in [0.15, 0.2) is 0 Å². The summed E-state index contributed by atoms with van der Waals surface area (Å²) in [6, 6.07) is -0.982. The van der Waals surface area contributed by atoms with Crippen molar-refractivity contribution in [2.45, 2.75) is 398 Å². The van der Waals surface area contributed by atoms with Gasteiger partial charge in [0, 0.05) is 0 Å². The lowest BCUT2D eigenvalue weighted by Gasteiger charge is -2.27. The Kier molecular flexibility index (Phi) is 58.6. The number of aliphatic hydroxyl groups is 4. The van der Waals surface area contributed by atoms with Crippen LogP contribution in [-0.2, 0) is 4.79 Å². The Morgan fingerprint density at radius 2 is 0.486 bits per heavy atom. The van der Waals surface area contributed by atoms with E-state index < -0.39 is 36.9 Å². The molecule has 0 aliphatic heterocycles. The number of carbonyl (C=O) groups excluding carboxylic acids is 1. The maximum atomic E-state index is 12.6. The molecule has 0 radical (unpaired) electrons. The molecular formula is C64H129NO5. The number of hydrogen-bond acceptors (Lipinski definition) is 5. The molecule has 0 saturated carbocycles. The van der Waals surface area contributed by atoms with Gasteiger partial charge in [0.05, 0.1) is 18.8 Å². The predicted octanol–water partition coefficient (Wildman–Crippen LogP) is 19.4. The monoisotopic (exact) mass is 992 g/mol. The summed E-state index contributed by atoms with van der Waals surface area (Å²) in [5, 5.41) is 44.2. The molecule has 0 aromatic carbocycles. The Morgan fingerprint density at radius 1 is 0.300 bits per heavy atom. The highest BCUT2D eigenvalue weighted by molar-refractivity contribution is 5.80. The lowest BCUT2D eigenvalue weighted by molar-refractivity contribution is -0.132. The van der Waals surface area contributed by atoms with E-state index in [9.17, 15) is 25.2 Å². The Balaban J connectivity index is 3.53. The molecule has 4 unspecified atom stereocenters. The first-order valence-corrected chi connectivity index (χ1v) is 32.4. The number of carbonyl (C=O) groups is 1. The molecule has 0 spiro atoms. The van der Waals surface area contributed by atoms with Gasteiger partial charge in [-0.3, -0.25) is 4.79 Å². The third-order valence-corrected chi connectivity index (χ3v) is 15.8. The molecule has 0 aromatic heterocycles. The van der Waals surface area contributed by atoms with Crippen molar-refractivity contribution in [3.8, 4) is 0 Å². The van der Waals surface area contributed by atoms with E-state index in [4.69, 9.17) is 0 Å². The third-order valence-electron chi connectivity index (χ3n) is 15.8. The van der Waals surface area contributed by atoms with Crippen molar-refractivity contribution in [3.63, 3.8) is 0 Å². The zero-order chi connectivity index (χ0) is 50.9. The van der Waals surface area contributed by atoms with Gasteiger partial charge < -0.3 is 25.7 Å². The normalized spacial score (nSPS) is 13.5. The van der Waals surface area contributed by atoms with Crippen LogP contribution in [0.1, 0.15) is 373 Å². The van der Waals surface area contributed by atoms with Crippen LogP contribution in [0.2, 0.25) is 0 Å². The van der Waals surface area contributed by atoms with E-state index in [2.05, 4.69) is 19.2 Å². The van der Waals surface area contributed by atoms with Gasteiger partial charge in [-0.05, 0) is 12.8 Å². The smallest absolute Gasteiger partial charge is 0.249 e. The maximum Gasteiger partial charge on any atom is 0.249 e. The van der Waals surface area contributed by atoms with Gasteiger partial charge in [0.15, 0.2) is 0 Å². The number of aliphatic hydroxyl groups excluding tert-OH is 4. The van der Waals surface area contributed by atoms with Gasteiger partial charge in [-0.15, -0.1) is 0 Å². The minimum absolute atomic E-state index is 0.377. The molecule has 0 saturated heterocycles. The van der Waals surface area contributed by atoms with E-state index in [1.54, 1.807) is 0 Å².